The molecule has 0 atom stereocenters. The first-order valence-electron chi connectivity index (χ1n) is 5.40. The number of hydrogen-bond donors (Lipinski definition) is 1. The summed E-state index contributed by atoms with van der Waals surface area (Å²) in [5, 5.41) is 3.21. The minimum atomic E-state index is 0.639. The summed E-state index contributed by atoms with van der Waals surface area (Å²) in [6, 6.07) is 7.65. The largest absolute Gasteiger partial charge is 0.364 e. The molecule has 0 aliphatic rings. The van der Waals surface area contributed by atoms with Crippen LogP contribution in [0.4, 0.5) is 11.8 Å². The molecule has 0 aliphatic carbocycles. The van der Waals surface area contributed by atoms with E-state index in [1.54, 1.807) is 12.4 Å². The lowest BCUT2D eigenvalue weighted by Gasteiger charge is -2.11. The monoisotopic (exact) mass is 229 g/mol. The minimum Gasteiger partial charge on any atom is -0.364 e. The highest BCUT2D eigenvalue weighted by molar-refractivity contribution is 5.34. The van der Waals surface area contributed by atoms with Crippen LogP contribution in [-0.4, -0.2) is 29.0 Å². The zero-order chi connectivity index (χ0) is 12.1. The third kappa shape index (κ3) is 3.14. The third-order valence-corrected chi connectivity index (χ3v) is 2.22. The summed E-state index contributed by atoms with van der Waals surface area (Å²) in [5.74, 6) is 1.56. The molecule has 88 valence electrons. The zero-order valence-electron chi connectivity index (χ0n) is 9.96. The molecular weight excluding hydrogens is 214 g/mol. The topological polar surface area (TPSA) is 53.9 Å². The second kappa shape index (κ2) is 5.25. The first-order valence-corrected chi connectivity index (χ1v) is 5.40. The second-order valence-electron chi connectivity index (χ2n) is 3.81. The zero-order valence-corrected chi connectivity index (χ0v) is 9.96. The van der Waals surface area contributed by atoms with Crippen molar-refractivity contribution in [2.75, 3.05) is 24.3 Å². The lowest BCUT2D eigenvalue weighted by molar-refractivity contribution is 0.940. The Morgan fingerprint density at radius 1 is 1.12 bits per heavy atom. The third-order valence-electron chi connectivity index (χ3n) is 2.22. The number of nitrogens with one attached hydrogen (secondary N) is 1. The van der Waals surface area contributed by atoms with E-state index in [-0.39, 0.29) is 0 Å². The molecule has 0 amide bonds. The van der Waals surface area contributed by atoms with Crippen molar-refractivity contribution < 1.29 is 0 Å². The van der Waals surface area contributed by atoms with Gasteiger partial charge in [-0.25, -0.2) is 15.0 Å². The number of pyridine rings is 1. The molecule has 0 fully saturated rings. The van der Waals surface area contributed by atoms with Crippen molar-refractivity contribution in [2.45, 2.75) is 6.54 Å². The highest BCUT2D eigenvalue weighted by atomic mass is 15.2. The fourth-order valence-electron chi connectivity index (χ4n) is 1.35. The summed E-state index contributed by atoms with van der Waals surface area (Å²) in [6.45, 7) is 0.639. The van der Waals surface area contributed by atoms with Crippen LogP contribution < -0.4 is 10.2 Å². The van der Waals surface area contributed by atoms with Gasteiger partial charge in [-0.1, -0.05) is 6.07 Å². The Hall–Kier alpha value is -2.17. The van der Waals surface area contributed by atoms with Crippen molar-refractivity contribution in [1.29, 1.82) is 0 Å². The summed E-state index contributed by atoms with van der Waals surface area (Å²) < 4.78 is 0. The molecule has 0 radical (unpaired) electrons. The maximum atomic E-state index is 4.41. The van der Waals surface area contributed by atoms with E-state index in [2.05, 4.69) is 20.3 Å². The van der Waals surface area contributed by atoms with Gasteiger partial charge in [-0.05, 0) is 18.2 Å². The minimum absolute atomic E-state index is 0.639. The molecule has 0 saturated heterocycles. The molecular formula is C12H15N5. The quantitative estimate of drug-likeness (QED) is 0.862. The van der Waals surface area contributed by atoms with Gasteiger partial charge in [-0.3, -0.25) is 0 Å². The summed E-state index contributed by atoms with van der Waals surface area (Å²) >= 11 is 0. The Labute approximate surface area is 101 Å². The smallest absolute Gasteiger partial charge is 0.225 e. The number of nitrogens with zero attached hydrogens (tertiary/aromatic N) is 4. The van der Waals surface area contributed by atoms with Crippen LogP contribution in [0.1, 0.15) is 5.69 Å². The molecule has 5 nitrogen and oxygen atoms in total. The van der Waals surface area contributed by atoms with Crippen molar-refractivity contribution in [3.8, 4) is 0 Å². The molecule has 5 heteroatoms. The van der Waals surface area contributed by atoms with Gasteiger partial charge in [-0.2, -0.15) is 0 Å². The van der Waals surface area contributed by atoms with Gasteiger partial charge in [0, 0.05) is 26.5 Å². The van der Waals surface area contributed by atoms with E-state index in [1.807, 2.05) is 43.3 Å². The van der Waals surface area contributed by atoms with Crippen LogP contribution in [0.2, 0.25) is 0 Å². The Kier molecular flexibility index (Phi) is 3.49. The van der Waals surface area contributed by atoms with E-state index in [0.29, 0.717) is 12.5 Å². The van der Waals surface area contributed by atoms with E-state index in [4.69, 9.17) is 0 Å². The van der Waals surface area contributed by atoms with E-state index >= 15 is 0 Å². The van der Waals surface area contributed by atoms with Gasteiger partial charge in [0.05, 0.1) is 12.2 Å². The number of aromatic nitrogens is 3. The van der Waals surface area contributed by atoms with Gasteiger partial charge in [0.2, 0.25) is 5.95 Å². The van der Waals surface area contributed by atoms with Crippen LogP contribution in [0.5, 0.6) is 0 Å². The van der Waals surface area contributed by atoms with E-state index in [0.717, 1.165) is 11.5 Å². The highest BCUT2D eigenvalue weighted by Crippen LogP contribution is 2.06. The first-order chi connectivity index (χ1) is 8.25. The Balaban J connectivity index is 2.02. The molecule has 1 N–H and O–H groups in total. The molecule has 0 saturated carbocycles. The number of rotatable bonds is 4. The molecule has 0 aromatic carbocycles. The number of hydrogen-bond acceptors (Lipinski definition) is 5. The Morgan fingerprint density at radius 3 is 2.71 bits per heavy atom. The van der Waals surface area contributed by atoms with Gasteiger partial charge in [-0.15, -0.1) is 0 Å². The molecule has 0 unspecified atom stereocenters. The average Bonchev–Trinajstić information content (AvgIpc) is 2.38. The van der Waals surface area contributed by atoms with Crippen molar-refractivity contribution in [3.05, 3.63) is 42.4 Å². The number of anilines is 2. The van der Waals surface area contributed by atoms with Crippen molar-refractivity contribution >= 4 is 11.8 Å². The molecule has 2 aromatic rings. The standard InChI is InChI=1S/C12H15N5/c1-17(2)12-14-8-6-10(16-12)9-15-11-5-3-4-7-13-11/h3-8H,9H2,1-2H3,(H,13,15). The van der Waals surface area contributed by atoms with Gasteiger partial charge in [0.1, 0.15) is 5.82 Å². The van der Waals surface area contributed by atoms with Gasteiger partial charge < -0.3 is 10.2 Å². The van der Waals surface area contributed by atoms with Crippen LogP contribution in [0, 0.1) is 0 Å². The lowest BCUT2D eigenvalue weighted by atomic mass is 10.4. The molecule has 17 heavy (non-hydrogen) atoms. The predicted molar refractivity (Wildman–Crippen MR) is 67.9 cm³/mol. The van der Waals surface area contributed by atoms with E-state index in [9.17, 15) is 0 Å². The first kappa shape index (κ1) is 11.3. The molecule has 0 aliphatic heterocycles. The van der Waals surface area contributed by atoms with Gasteiger partial charge in [0.15, 0.2) is 0 Å². The maximum absolute atomic E-state index is 4.41. The van der Waals surface area contributed by atoms with Crippen LogP contribution in [0.3, 0.4) is 0 Å². The molecule has 0 spiro atoms. The lowest BCUT2D eigenvalue weighted by Crippen LogP contribution is -2.14. The fourth-order valence-corrected chi connectivity index (χ4v) is 1.35. The van der Waals surface area contributed by atoms with Crippen molar-refractivity contribution in [1.82, 2.24) is 15.0 Å². The fraction of sp³-hybridized carbons (Fsp3) is 0.250. The summed E-state index contributed by atoms with van der Waals surface area (Å²) in [6.07, 6.45) is 3.52. The van der Waals surface area contributed by atoms with Crippen LogP contribution in [0.25, 0.3) is 0 Å². The van der Waals surface area contributed by atoms with Gasteiger partial charge in [0.25, 0.3) is 0 Å². The normalized spacial score (nSPS) is 10.0. The van der Waals surface area contributed by atoms with Crippen molar-refractivity contribution in [3.63, 3.8) is 0 Å². The van der Waals surface area contributed by atoms with Crippen LogP contribution >= 0.6 is 0 Å². The van der Waals surface area contributed by atoms with E-state index < -0.39 is 0 Å². The SMILES string of the molecule is CN(C)c1nccc(CNc2ccccn2)n1. The van der Waals surface area contributed by atoms with Gasteiger partial charge >= 0.3 is 0 Å². The second-order valence-corrected chi connectivity index (χ2v) is 3.81. The van der Waals surface area contributed by atoms with Crippen LogP contribution in [0.15, 0.2) is 36.7 Å². The molecule has 2 rings (SSSR count). The Morgan fingerprint density at radius 2 is 2.00 bits per heavy atom. The van der Waals surface area contributed by atoms with E-state index in [1.165, 1.54) is 0 Å². The summed E-state index contributed by atoms with van der Waals surface area (Å²) in [4.78, 5) is 14.6. The molecule has 0 bridgehead atoms. The maximum Gasteiger partial charge on any atom is 0.225 e. The molecule has 2 heterocycles. The summed E-state index contributed by atoms with van der Waals surface area (Å²) in [5.41, 5.74) is 0.939. The highest BCUT2D eigenvalue weighted by Gasteiger charge is 2.01. The predicted octanol–water partition coefficient (Wildman–Crippen LogP) is 1.55. The Bertz CT molecular complexity index is 469. The van der Waals surface area contributed by atoms with Crippen molar-refractivity contribution in [2.24, 2.45) is 0 Å². The average molecular weight is 229 g/mol. The summed E-state index contributed by atoms with van der Waals surface area (Å²) in [7, 11) is 3.84. The van der Waals surface area contributed by atoms with Crippen LogP contribution in [-0.2, 0) is 6.54 Å². The molecule has 2 aromatic heterocycles.